The van der Waals surface area contributed by atoms with Crippen LogP contribution in [0.5, 0.6) is 5.75 Å². The first-order chi connectivity index (χ1) is 10.8. The molecule has 0 bridgehead atoms. The van der Waals surface area contributed by atoms with Gasteiger partial charge in [-0.05, 0) is 17.7 Å². The number of nitrogen functional groups attached to an aromatic ring is 1. The third kappa shape index (κ3) is 3.28. The predicted octanol–water partition coefficient (Wildman–Crippen LogP) is 1.49. The van der Waals surface area contributed by atoms with Crippen molar-refractivity contribution < 1.29 is 9.47 Å². The maximum atomic E-state index is 5.77. The number of anilines is 2. The fraction of sp³-hybridized carbons (Fsp3) is 0.375. The minimum atomic E-state index is 0.306. The Labute approximate surface area is 129 Å². The summed E-state index contributed by atoms with van der Waals surface area (Å²) in [5.74, 6) is 2.07. The number of benzene rings is 1. The highest BCUT2D eigenvalue weighted by Gasteiger charge is 2.17. The molecule has 2 heterocycles. The fourth-order valence-corrected chi connectivity index (χ4v) is 2.55. The minimum Gasteiger partial charge on any atom is -0.497 e. The second-order valence-corrected chi connectivity index (χ2v) is 5.20. The van der Waals surface area contributed by atoms with Crippen LogP contribution >= 0.6 is 0 Å². The van der Waals surface area contributed by atoms with Crippen molar-refractivity contribution >= 4 is 11.8 Å². The molecule has 1 saturated heterocycles. The Balaban J connectivity index is 1.85. The van der Waals surface area contributed by atoms with E-state index >= 15 is 0 Å². The van der Waals surface area contributed by atoms with E-state index in [0.717, 1.165) is 36.6 Å². The van der Waals surface area contributed by atoms with Crippen LogP contribution in [0.15, 0.2) is 30.5 Å². The van der Waals surface area contributed by atoms with Gasteiger partial charge in [-0.1, -0.05) is 12.1 Å². The van der Waals surface area contributed by atoms with Gasteiger partial charge in [0, 0.05) is 31.3 Å². The first kappa shape index (κ1) is 14.6. The van der Waals surface area contributed by atoms with Crippen LogP contribution in [0.2, 0.25) is 0 Å². The van der Waals surface area contributed by atoms with Gasteiger partial charge >= 0.3 is 0 Å². The summed E-state index contributed by atoms with van der Waals surface area (Å²) in [5.41, 5.74) is 8.02. The van der Waals surface area contributed by atoms with Crippen molar-refractivity contribution in [3.05, 3.63) is 41.6 Å². The Morgan fingerprint density at radius 1 is 1.23 bits per heavy atom. The predicted molar refractivity (Wildman–Crippen MR) is 85.3 cm³/mol. The summed E-state index contributed by atoms with van der Waals surface area (Å²) in [7, 11) is 1.67. The van der Waals surface area contributed by atoms with Crippen LogP contribution in [0.25, 0.3) is 0 Å². The summed E-state index contributed by atoms with van der Waals surface area (Å²) in [4.78, 5) is 10.8. The average molecular weight is 300 g/mol. The van der Waals surface area contributed by atoms with E-state index in [0.29, 0.717) is 19.2 Å². The fourth-order valence-electron chi connectivity index (χ4n) is 2.55. The van der Waals surface area contributed by atoms with Crippen LogP contribution in [-0.2, 0) is 11.2 Å². The number of aromatic nitrogens is 2. The molecule has 1 aromatic carbocycles. The first-order valence-electron chi connectivity index (χ1n) is 7.33. The SMILES string of the molecule is COc1ccc(Cc2cnc(N)nc2N2CCOCC2)cc1. The van der Waals surface area contributed by atoms with Crippen molar-refractivity contribution in [3.63, 3.8) is 0 Å². The monoisotopic (exact) mass is 300 g/mol. The zero-order valence-electron chi connectivity index (χ0n) is 12.7. The molecule has 0 spiro atoms. The third-order valence-corrected chi connectivity index (χ3v) is 3.72. The number of hydrogen-bond acceptors (Lipinski definition) is 6. The number of nitrogens with two attached hydrogens (primary N) is 1. The highest BCUT2D eigenvalue weighted by Crippen LogP contribution is 2.23. The van der Waals surface area contributed by atoms with Gasteiger partial charge in [-0.25, -0.2) is 4.98 Å². The molecule has 0 amide bonds. The Morgan fingerprint density at radius 2 is 1.95 bits per heavy atom. The van der Waals surface area contributed by atoms with Gasteiger partial charge in [0.2, 0.25) is 5.95 Å². The molecule has 1 aliphatic rings. The van der Waals surface area contributed by atoms with E-state index in [1.165, 1.54) is 5.56 Å². The van der Waals surface area contributed by atoms with Gasteiger partial charge in [-0.15, -0.1) is 0 Å². The van der Waals surface area contributed by atoms with E-state index in [-0.39, 0.29) is 0 Å². The first-order valence-corrected chi connectivity index (χ1v) is 7.33. The molecule has 0 unspecified atom stereocenters. The largest absolute Gasteiger partial charge is 0.497 e. The summed E-state index contributed by atoms with van der Waals surface area (Å²) in [5, 5.41) is 0. The summed E-state index contributed by atoms with van der Waals surface area (Å²) >= 11 is 0. The van der Waals surface area contributed by atoms with Crippen molar-refractivity contribution in [3.8, 4) is 5.75 Å². The van der Waals surface area contributed by atoms with Crippen LogP contribution < -0.4 is 15.4 Å². The van der Waals surface area contributed by atoms with Crippen LogP contribution in [0.4, 0.5) is 11.8 Å². The molecule has 0 radical (unpaired) electrons. The van der Waals surface area contributed by atoms with E-state index in [9.17, 15) is 0 Å². The van der Waals surface area contributed by atoms with E-state index in [1.54, 1.807) is 7.11 Å². The second-order valence-electron chi connectivity index (χ2n) is 5.20. The van der Waals surface area contributed by atoms with Crippen molar-refractivity contribution in [2.75, 3.05) is 44.0 Å². The zero-order valence-corrected chi connectivity index (χ0v) is 12.7. The normalized spacial score (nSPS) is 14.9. The van der Waals surface area contributed by atoms with Crippen LogP contribution in [0.1, 0.15) is 11.1 Å². The molecule has 6 heteroatoms. The number of ether oxygens (including phenoxy) is 2. The Morgan fingerprint density at radius 3 is 2.64 bits per heavy atom. The molecule has 1 fully saturated rings. The second kappa shape index (κ2) is 6.62. The lowest BCUT2D eigenvalue weighted by atomic mass is 10.1. The maximum absolute atomic E-state index is 5.77. The maximum Gasteiger partial charge on any atom is 0.221 e. The Bertz CT molecular complexity index is 625. The average Bonchev–Trinajstić information content (AvgIpc) is 2.58. The van der Waals surface area contributed by atoms with Crippen molar-refractivity contribution in [2.24, 2.45) is 0 Å². The number of morpholine rings is 1. The van der Waals surface area contributed by atoms with Gasteiger partial charge < -0.3 is 20.1 Å². The molecule has 2 aromatic rings. The lowest BCUT2D eigenvalue weighted by molar-refractivity contribution is 0.122. The molecule has 1 aromatic heterocycles. The third-order valence-electron chi connectivity index (χ3n) is 3.72. The van der Waals surface area contributed by atoms with E-state index in [1.807, 2.05) is 18.3 Å². The van der Waals surface area contributed by atoms with Gasteiger partial charge in [0.1, 0.15) is 11.6 Å². The standard InChI is InChI=1S/C16H20N4O2/c1-21-14-4-2-12(3-5-14)10-13-11-18-16(17)19-15(13)20-6-8-22-9-7-20/h2-5,11H,6-10H2,1H3,(H2,17,18,19). The Hall–Kier alpha value is -2.34. The summed E-state index contributed by atoms with van der Waals surface area (Å²) in [6.07, 6.45) is 2.58. The van der Waals surface area contributed by atoms with E-state index < -0.39 is 0 Å². The lowest BCUT2D eigenvalue weighted by Gasteiger charge is -2.29. The molecule has 1 aliphatic heterocycles. The minimum absolute atomic E-state index is 0.306. The molecule has 0 aliphatic carbocycles. The summed E-state index contributed by atoms with van der Waals surface area (Å²) in [6.45, 7) is 3.08. The summed E-state index contributed by atoms with van der Waals surface area (Å²) in [6, 6.07) is 8.03. The van der Waals surface area contributed by atoms with Crippen LogP contribution in [-0.4, -0.2) is 43.4 Å². The molecule has 3 rings (SSSR count). The highest BCUT2D eigenvalue weighted by atomic mass is 16.5. The van der Waals surface area contributed by atoms with Gasteiger partial charge in [-0.3, -0.25) is 0 Å². The van der Waals surface area contributed by atoms with Gasteiger partial charge in [-0.2, -0.15) is 4.98 Å². The molecule has 2 N–H and O–H groups in total. The topological polar surface area (TPSA) is 73.5 Å². The number of methoxy groups -OCH3 is 1. The number of hydrogen-bond donors (Lipinski definition) is 1. The van der Waals surface area contributed by atoms with Crippen molar-refractivity contribution in [1.82, 2.24) is 9.97 Å². The molecule has 0 saturated carbocycles. The summed E-state index contributed by atoms with van der Waals surface area (Å²) < 4.78 is 10.6. The molecular formula is C16H20N4O2. The zero-order chi connectivity index (χ0) is 15.4. The molecule has 116 valence electrons. The molecular weight excluding hydrogens is 280 g/mol. The number of rotatable bonds is 4. The molecule has 22 heavy (non-hydrogen) atoms. The van der Waals surface area contributed by atoms with E-state index in [2.05, 4.69) is 27.0 Å². The van der Waals surface area contributed by atoms with Crippen LogP contribution in [0, 0.1) is 0 Å². The smallest absolute Gasteiger partial charge is 0.221 e. The van der Waals surface area contributed by atoms with E-state index in [4.69, 9.17) is 15.2 Å². The molecule has 6 nitrogen and oxygen atoms in total. The van der Waals surface area contributed by atoms with Crippen molar-refractivity contribution in [2.45, 2.75) is 6.42 Å². The Kier molecular flexibility index (Phi) is 4.39. The van der Waals surface area contributed by atoms with Gasteiger partial charge in [0.05, 0.1) is 20.3 Å². The van der Waals surface area contributed by atoms with Gasteiger partial charge in [0.15, 0.2) is 0 Å². The van der Waals surface area contributed by atoms with Crippen LogP contribution in [0.3, 0.4) is 0 Å². The van der Waals surface area contributed by atoms with Gasteiger partial charge in [0.25, 0.3) is 0 Å². The van der Waals surface area contributed by atoms with Crippen molar-refractivity contribution in [1.29, 1.82) is 0 Å². The lowest BCUT2D eigenvalue weighted by Crippen LogP contribution is -2.37. The highest BCUT2D eigenvalue weighted by molar-refractivity contribution is 5.51. The molecule has 0 atom stereocenters. The number of nitrogens with zero attached hydrogens (tertiary/aromatic N) is 3. The quantitative estimate of drug-likeness (QED) is 0.922.